The van der Waals surface area contributed by atoms with Gasteiger partial charge in [-0.05, 0) is 48.4 Å². The Kier molecular flexibility index (Phi) is 9.69. The smallest absolute Gasteiger partial charge is 0.331 e. The first-order valence-electron chi connectivity index (χ1n) is 13.2. The fraction of sp³-hybridized carbons (Fsp3) is 0.581. The maximum absolute atomic E-state index is 13.9. The molecule has 3 atom stereocenters. The summed E-state index contributed by atoms with van der Waals surface area (Å²) in [4.78, 5) is 40.8. The first-order valence-corrected chi connectivity index (χ1v) is 13.2. The molecule has 1 aliphatic carbocycles. The highest BCUT2D eigenvalue weighted by molar-refractivity contribution is 5.93. The number of nitrogens with one attached hydrogen (secondary N) is 1. The van der Waals surface area contributed by atoms with Gasteiger partial charge >= 0.3 is 5.97 Å². The quantitative estimate of drug-likeness (QED) is 0.391. The third-order valence-corrected chi connectivity index (χ3v) is 7.84. The number of nitrogens with zero attached hydrogens (tertiary/aromatic N) is 1. The van der Waals surface area contributed by atoms with E-state index < -0.39 is 28.8 Å². The van der Waals surface area contributed by atoms with Crippen LogP contribution in [0.4, 0.5) is 0 Å². The Balaban J connectivity index is 2.36. The number of carboxylic acid groups (broad SMARTS) is 1. The van der Waals surface area contributed by atoms with Crippen molar-refractivity contribution in [1.82, 2.24) is 10.2 Å². The van der Waals surface area contributed by atoms with Crippen molar-refractivity contribution in [3.05, 3.63) is 53.1 Å². The van der Waals surface area contributed by atoms with E-state index in [0.29, 0.717) is 0 Å². The zero-order chi connectivity index (χ0) is 28.3. The van der Waals surface area contributed by atoms with Gasteiger partial charge in [0.25, 0.3) is 0 Å². The van der Waals surface area contributed by atoms with Crippen molar-refractivity contribution < 1.29 is 19.5 Å². The molecule has 0 aliphatic heterocycles. The number of hydrogen-bond donors (Lipinski definition) is 2. The van der Waals surface area contributed by atoms with Gasteiger partial charge in [-0.25, -0.2) is 4.79 Å². The van der Waals surface area contributed by atoms with Crippen molar-refractivity contribution in [2.75, 3.05) is 14.1 Å². The van der Waals surface area contributed by atoms with E-state index in [-0.39, 0.29) is 35.6 Å². The van der Waals surface area contributed by atoms with Crippen LogP contribution in [-0.4, -0.2) is 53.8 Å². The van der Waals surface area contributed by atoms with Crippen LogP contribution in [0.3, 0.4) is 0 Å². The number of carboxylic acids is 1. The summed E-state index contributed by atoms with van der Waals surface area (Å²) in [6, 6.07) is 7.45. The molecule has 1 aromatic carbocycles. The Morgan fingerprint density at radius 2 is 1.70 bits per heavy atom. The molecular formula is C31H46N2O4. The van der Waals surface area contributed by atoms with E-state index in [0.717, 1.165) is 12.0 Å². The minimum absolute atomic E-state index is 0.00203. The van der Waals surface area contributed by atoms with Crippen LogP contribution in [0.2, 0.25) is 0 Å². The molecule has 0 aromatic heterocycles. The maximum atomic E-state index is 13.9. The molecule has 1 amide bonds. The van der Waals surface area contributed by atoms with Gasteiger partial charge in [-0.1, -0.05) is 84.9 Å². The molecule has 0 saturated heterocycles. The van der Waals surface area contributed by atoms with Crippen molar-refractivity contribution in [2.45, 2.75) is 80.3 Å². The SMILES string of the molecule is CNC(C(=O)C[C@H](C(=O)N(C)[C@H](/C=C(\C)C(=O)O)C(C)C)C(C)(C)C)C(C)(C)C1=CCc2ccccc21. The average molecular weight is 511 g/mol. The number of hydrogen-bond acceptors (Lipinski definition) is 4. The Morgan fingerprint density at radius 1 is 1.11 bits per heavy atom. The van der Waals surface area contributed by atoms with Crippen molar-refractivity contribution >= 4 is 23.2 Å². The largest absolute Gasteiger partial charge is 0.478 e. The van der Waals surface area contributed by atoms with Crippen LogP contribution in [0.15, 0.2) is 42.0 Å². The summed E-state index contributed by atoms with van der Waals surface area (Å²) >= 11 is 0. The van der Waals surface area contributed by atoms with E-state index in [1.807, 2.05) is 46.8 Å². The zero-order valence-electron chi connectivity index (χ0n) is 24.3. The Morgan fingerprint density at radius 3 is 2.22 bits per heavy atom. The van der Waals surface area contributed by atoms with Gasteiger partial charge in [-0.3, -0.25) is 9.59 Å². The molecule has 0 fully saturated rings. The fourth-order valence-corrected chi connectivity index (χ4v) is 5.53. The van der Waals surface area contributed by atoms with Gasteiger partial charge < -0.3 is 15.3 Å². The zero-order valence-corrected chi connectivity index (χ0v) is 24.3. The van der Waals surface area contributed by atoms with Gasteiger partial charge in [0.15, 0.2) is 5.78 Å². The van der Waals surface area contributed by atoms with Crippen molar-refractivity contribution in [1.29, 1.82) is 0 Å². The summed E-state index contributed by atoms with van der Waals surface area (Å²) < 4.78 is 0. The van der Waals surface area contributed by atoms with Crippen LogP contribution < -0.4 is 5.32 Å². The van der Waals surface area contributed by atoms with Gasteiger partial charge in [-0.15, -0.1) is 0 Å². The monoisotopic (exact) mass is 510 g/mol. The molecule has 6 heteroatoms. The molecule has 37 heavy (non-hydrogen) atoms. The second-order valence-corrected chi connectivity index (χ2v) is 12.4. The third-order valence-electron chi connectivity index (χ3n) is 7.84. The topological polar surface area (TPSA) is 86.7 Å². The summed E-state index contributed by atoms with van der Waals surface area (Å²) in [5, 5.41) is 12.6. The summed E-state index contributed by atoms with van der Waals surface area (Å²) in [5.41, 5.74) is 2.86. The molecule has 0 heterocycles. The molecule has 1 aromatic rings. The molecule has 2 N–H and O–H groups in total. The van der Waals surface area contributed by atoms with Gasteiger partial charge in [-0.2, -0.15) is 0 Å². The normalized spacial score (nSPS) is 16.6. The highest BCUT2D eigenvalue weighted by Gasteiger charge is 2.43. The van der Waals surface area contributed by atoms with Gasteiger partial charge in [0.2, 0.25) is 5.91 Å². The lowest BCUT2D eigenvalue weighted by molar-refractivity contribution is -0.143. The number of benzene rings is 1. The lowest BCUT2D eigenvalue weighted by Gasteiger charge is -2.39. The van der Waals surface area contributed by atoms with Crippen molar-refractivity contribution in [3.8, 4) is 0 Å². The summed E-state index contributed by atoms with van der Waals surface area (Å²) in [6.07, 6.45) is 4.80. The molecule has 204 valence electrons. The molecule has 0 bridgehead atoms. The van der Waals surface area contributed by atoms with E-state index in [4.69, 9.17) is 0 Å². The van der Waals surface area contributed by atoms with Crippen LogP contribution in [0.5, 0.6) is 0 Å². The first kappa shape index (κ1) is 30.5. The number of rotatable bonds is 11. The van der Waals surface area contributed by atoms with E-state index in [1.165, 1.54) is 18.1 Å². The summed E-state index contributed by atoms with van der Waals surface area (Å²) in [7, 11) is 3.52. The van der Waals surface area contributed by atoms with Crippen molar-refractivity contribution in [3.63, 3.8) is 0 Å². The molecular weight excluding hydrogens is 464 g/mol. The Bertz CT molecular complexity index is 1070. The van der Waals surface area contributed by atoms with Crippen LogP contribution in [0, 0.1) is 22.7 Å². The number of ketones is 1. The highest BCUT2D eigenvalue weighted by atomic mass is 16.4. The standard InChI is InChI=1S/C31H46N2O4/c1-19(2)25(17-20(3)29(36)37)33(10)28(35)24(30(4,5)6)18-26(34)27(32-9)31(7,8)23-16-15-21-13-11-12-14-22(21)23/h11-14,16-17,19,24-25,27,32H,15,18H2,1-10H3,(H,36,37)/b20-17+/t24-,25-,27?/m1/s1. The van der Waals surface area contributed by atoms with Gasteiger partial charge in [0.1, 0.15) is 0 Å². The van der Waals surface area contributed by atoms with E-state index in [2.05, 4.69) is 37.4 Å². The van der Waals surface area contributed by atoms with Crippen LogP contribution >= 0.6 is 0 Å². The molecule has 1 unspecified atom stereocenters. The second kappa shape index (κ2) is 11.8. The Labute approximate surface area is 223 Å². The molecule has 0 radical (unpaired) electrons. The average Bonchev–Trinajstić information content (AvgIpc) is 3.24. The van der Waals surface area contributed by atoms with E-state index >= 15 is 0 Å². The predicted octanol–water partition coefficient (Wildman–Crippen LogP) is 5.38. The van der Waals surface area contributed by atoms with Crippen LogP contribution in [-0.2, 0) is 20.8 Å². The molecule has 0 saturated carbocycles. The van der Waals surface area contributed by atoms with Gasteiger partial charge in [0, 0.05) is 30.4 Å². The fourth-order valence-electron chi connectivity index (χ4n) is 5.53. The third kappa shape index (κ3) is 6.78. The van der Waals surface area contributed by atoms with Crippen LogP contribution in [0.25, 0.3) is 5.57 Å². The minimum atomic E-state index is -1.00. The molecule has 2 rings (SSSR count). The van der Waals surface area contributed by atoms with Crippen LogP contribution in [0.1, 0.15) is 72.9 Å². The highest BCUT2D eigenvalue weighted by Crippen LogP contribution is 2.44. The molecule has 1 aliphatic rings. The number of amides is 1. The summed E-state index contributed by atoms with van der Waals surface area (Å²) in [5.74, 6) is -1.69. The number of fused-ring (bicyclic) bond motifs is 1. The molecule has 0 spiro atoms. The van der Waals surface area contributed by atoms with Gasteiger partial charge in [0.05, 0.1) is 12.1 Å². The Hall–Kier alpha value is -2.73. The predicted molar refractivity (Wildman–Crippen MR) is 150 cm³/mol. The molecule has 6 nitrogen and oxygen atoms in total. The number of Topliss-reactive ketones (excluding diaryl/α,β-unsaturated/α-hetero) is 1. The lowest BCUT2D eigenvalue weighted by atomic mass is 9.70. The maximum Gasteiger partial charge on any atom is 0.331 e. The number of aliphatic carboxylic acids is 1. The number of allylic oxidation sites excluding steroid dienone is 1. The minimum Gasteiger partial charge on any atom is -0.478 e. The second-order valence-electron chi connectivity index (χ2n) is 12.4. The number of carbonyl (C=O) groups excluding carboxylic acids is 2. The van der Waals surface area contributed by atoms with Crippen molar-refractivity contribution in [2.24, 2.45) is 22.7 Å². The number of likely N-dealkylation sites (N-methyl/N-ethyl adjacent to an activating group) is 2. The van der Waals surface area contributed by atoms with E-state index in [9.17, 15) is 19.5 Å². The summed E-state index contributed by atoms with van der Waals surface area (Å²) in [6.45, 7) is 15.6. The number of carbonyl (C=O) groups is 3. The lowest BCUT2D eigenvalue weighted by Crippen LogP contribution is -2.50. The first-order chi connectivity index (χ1) is 17.0. The van der Waals surface area contributed by atoms with E-state index in [1.54, 1.807) is 25.1 Å².